The van der Waals surface area contributed by atoms with Crippen LogP contribution >= 0.6 is 0 Å². The first-order chi connectivity index (χ1) is 9.70. The van der Waals surface area contributed by atoms with E-state index in [-0.39, 0.29) is 19.1 Å². The maximum absolute atomic E-state index is 12.2. The number of aliphatic hydroxyl groups is 1. The molecule has 0 bridgehead atoms. The van der Waals surface area contributed by atoms with Crippen molar-refractivity contribution in [2.45, 2.75) is 13.5 Å². The summed E-state index contributed by atoms with van der Waals surface area (Å²) in [5, 5.41) is 15.1. The maximum Gasteiger partial charge on any atom is 0.252 e. The number of amides is 1. The van der Waals surface area contributed by atoms with Gasteiger partial charge >= 0.3 is 0 Å². The van der Waals surface area contributed by atoms with E-state index in [0.29, 0.717) is 16.9 Å². The highest BCUT2D eigenvalue weighted by atomic mass is 16.5. The molecule has 20 heavy (non-hydrogen) atoms. The van der Waals surface area contributed by atoms with Gasteiger partial charge in [-0.3, -0.25) is 4.79 Å². The van der Waals surface area contributed by atoms with Crippen LogP contribution in [0.4, 0.5) is 0 Å². The van der Waals surface area contributed by atoms with E-state index in [1.165, 1.54) is 6.20 Å². The van der Waals surface area contributed by atoms with Crippen molar-refractivity contribution in [3.05, 3.63) is 52.9 Å². The van der Waals surface area contributed by atoms with Gasteiger partial charge in [0.2, 0.25) is 0 Å². The van der Waals surface area contributed by atoms with Crippen LogP contribution in [0, 0.1) is 18.8 Å². The summed E-state index contributed by atoms with van der Waals surface area (Å²) in [4.78, 5) is 12.2. The molecule has 1 heterocycles. The molecule has 0 aliphatic heterocycles. The van der Waals surface area contributed by atoms with Crippen molar-refractivity contribution in [1.82, 2.24) is 10.5 Å². The summed E-state index contributed by atoms with van der Waals surface area (Å²) >= 11 is 0. The molecule has 0 saturated heterocycles. The highest BCUT2D eigenvalue weighted by Crippen LogP contribution is 2.11. The second-order valence-electron chi connectivity index (χ2n) is 4.17. The predicted molar refractivity (Wildman–Crippen MR) is 72.8 cm³/mol. The Morgan fingerprint density at radius 3 is 3.00 bits per heavy atom. The van der Waals surface area contributed by atoms with E-state index in [1.54, 1.807) is 18.2 Å². The second-order valence-corrected chi connectivity index (χ2v) is 4.17. The number of nitrogens with one attached hydrogen (secondary N) is 1. The molecular weight excluding hydrogens is 256 g/mol. The normalized spacial score (nSPS) is 9.70. The van der Waals surface area contributed by atoms with E-state index in [1.807, 2.05) is 13.0 Å². The molecule has 0 aliphatic carbocycles. The molecule has 0 aliphatic rings. The van der Waals surface area contributed by atoms with Crippen LogP contribution in [0.15, 0.2) is 35.0 Å². The average Bonchev–Trinajstić information content (AvgIpc) is 2.96. The van der Waals surface area contributed by atoms with E-state index in [4.69, 9.17) is 9.63 Å². The molecule has 0 atom stereocenters. The number of nitrogens with zero attached hydrogens (tertiary/aromatic N) is 1. The zero-order valence-electron chi connectivity index (χ0n) is 11.0. The summed E-state index contributed by atoms with van der Waals surface area (Å²) in [5.74, 6) is 5.65. The van der Waals surface area contributed by atoms with Gasteiger partial charge in [-0.25, -0.2) is 0 Å². The Morgan fingerprint density at radius 1 is 1.45 bits per heavy atom. The van der Waals surface area contributed by atoms with Crippen molar-refractivity contribution in [2.75, 3.05) is 6.61 Å². The van der Waals surface area contributed by atoms with Gasteiger partial charge in [0.25, 0.3) is 5.91 Å². The number of aromatic nitrogens is 1. The quantitative estimate of drug-likeness (QED) is 0.823. The van der Waals surface area contributed by atoms with Crippen molar-refractivity contribution in [1.29, 1.82) is 0 Å². The largest absolute Gasteiger partial charge is 0.384 e. The van der Waals surface area contributed by atoms with Gasteiger partial charge in [0.15, 0.2) is 5.76 Å². The summed E-state index contributed by atoms with van der Waals surface area (Å²) in [6, 6.07) is 7.08. The minimum atomic E-state index is -0.243. The monoisotopic (exact) mass is 270 g/mol. The molecule has 1 aromatic carbocycles. The Bertz CT molecular complexity index is 651. The molecule has 1 amide bonds. The smallest absolute Gasteiger partial charge is 0.252 e. The van der Waals surface area contributed by atoms with Crippen molar-refractivity contribution >= 4 is 5.91 Å². The minimum absolute atomic E-state index is 0.243. The molecule has 2 N–H and O–H groups in total. The Hall–Kier alpha value is -2.58. The number of hydrogen-bond donors (Lipinski definition) is 2. The number of aliphatic hydroxyl groups excluding tert-OH is 1. The lowest BCUT2D eigenvalue weighted by Crippen LogP contribution is -2.23. The van der Waals surface area contributed by atoms with E-state index >= 15 is 0 Å². The van der Waals surface area contributed by atoms with E-state index < -0.39 is 0 Å². The van der Waals surface area contributed by atoms with Crippen LogP contribution in [0.1, 0.15) is 27.2 Å². The first-order valence-corrected chi connectivity index (χ1v) is 6.09. The number of carbonyl (C=O) groups excluding carboxylic acids is 1. The molecule has 0 fully saturated rings. The Kier molecular flexibility index (Phi) is 4.53. The van der Waals surface area contributed by atoms with Gasteiger partial charge in [-0.1, -0.05) is 28.6 Å². The Labute approximate surface area is 116 Å². The molecule has 0 spiro atoms. The van der Waals surface area contributed by atoms with Gasteiger partial charge in [0.05, 0.1) is 18.3 Å². The fourth-order valence-electron chi connectivity index (χ4n) is 1.69. The van der Waals surface area contributed by atoms with Crippen LogP contribution in [0.3, 0.4) is 0 Å². The van der Waals surface area contributed by atoms with E-state index in [2.05, 4.69) is 22.3 Å². The lowest BCUT2D eigenvalue weighted by Gasteiger charge is -2.06. The molecule has 5 heteroatoms. The number of aryl methyl sites for hydroxylation is 1. The standard InChI is InChI=1S/C15H14N2O3/c1-11-4-5-12(3-2-8-18)14(9-11)15(19)16-10-13-6-7-17-20-13/h4-7,9,18H,8,10H2,1H3,(H,16,19). The average molecular weight is 270 g/mol. The number of benzene rings is 1. The molecule has 5 nitrogen and oxygen atoms in total. The Morgan fingerprint density at radius 2 is 2.30 bits per heavy atom. The molecule has 0 saturated carbocycles. The highest BCUT2D eigenvalue weighted by Gasteiger charge is 2.11. The predicted octanol–water partition coefficient (Wildman–Crippen LogP) is 1.26. The molecular formula is C15H14N2O3. The first kappa shape index (κ1) is 13.8. The topological polar surface area (TPSA) is 75.4 Å². The third-order valence-electron chi connectivity index (χ3n) is 2.64. The van der Waals surface area contributed by atoms with Gasteiger partial charge in [-0.15, -0.1) is 0 Å². The SMILES string of the molecule is Cc1ccc(C#CCO)c(C(=O)NCc2ccno2)c1. The molecule has 0 radical (unpaired) electrons. The van der Waals surface area contributed by atoms with Gasteiger partial charge in [0, 0.05) is 11.6 Å². The third-order valence-corrected chi connectivity index (χ3v) is 2.64. The molecule has 102 valence electrons. The summed E-state index contributed by atoms with van der Waals surface area (Å²) < 4.78 is 4.91. The maximum atomic E-state index is 12.2. The zero-order valence-corrected chi connectivity index (χ0v) is 11.0. The van der Waals surface area contributed by atoms with Crippen LogP contribution in [0.2, 0.25) is 0 Å². The molecule has 1 aromatic heterocycles. The van der Waals surface area contributed by atoms with Crippen molar-refractivity contribution in [2.24, 2.45) is 0 Å². The lowest BCUT2D eigenvalue weighted by molar-refractivity contribution is 0.0946. The summed E-state index contributed by atoms with van der Waals surface area (Å²) in [5.41, 5.74) is 2.02. The summed E-state index contributed by atoms with van der Waals surface area (Å²) in [6.07, 6.45) is 1.52. The van der Waals surface area contributed by atoms with Crippen molar-refractivity contribution < 1.29 is 14.4 Å². The van der Waals surface area contributed by atoms with Gasteiger partial charge in [-0.05, 0) is 19.1 Å². The van der Waals surface area contributed by atoms with Crippen LogP contribution in [-0.2, 0) is 6.54 Å². The fourth-order valence-corrected chi connectivity index (χ4v) is 1.69. The van der Waals surface area contributed by atoms with Crippen molar-refractivity contribution in [3.63, 3.8) is 0 Å². The third kappa shape index (κ3) is 3.46. The van der Waals surface area contributed by atoms with E-state index in [9.17, 15) is 4.79 Å². The zero-order chi connectivity index (χ0) is 14.4. The fraction of sp³-hybridized carbons (Fsp3) is 0.200. The van der Waals surface area contributed by atoms with Crippen molar-refractivity contribution in [3.8, 4) is 11.8 Å². The Balaban J connectivity index is 2.17. The molecule has 2 aromatic rings. The summed E-state index contributed by atoms with van der Waals surface area (Å²) in [7, 11) is 0. The van der Waals surface area contributed by atoms with E-state index in [0.717, 1.165) is 5.56 Å². The van der Waals surface area contributed by atoms with Gasteiger partial charge < -0.3 is 14.9 Å². The number of hydrogen-bond acceptors (Lipinski definition) is 4. The van der Waals surface area contributed by atoms with Crippen LogP contribution in [-0.4, -0.2) is 22.8 Å². The molecule has 0 unspecified atom stereocenters. The lowest BCUT2D eigenvalue weighted by atomic mass is 10.0. The number of carbonyl (C=O) groups is 1. The minimum Gasteiger partial charge on any atom is -0.384 e. The van der Waals surface area contributed by atoms with Gasteiger partial charge in [0.1, 0.15) is 6.61 Å². The van der Waals surface area contributed by atoms with Gasteiger partial charge in [-0.2, -0.15) is 0 Å². The van der Waals surface area contributed by atoms with Crippen LogP contribution in [0.25, 0.3) is 0 Å². The van der Waals surface area contributed by atoms with Crippen LogP contribution < -0.4 is 5.32 Å². The highest BCUT2D eigenvalue weighted by molar-refractivity contribution is 5.96. The second kappa shape index (κ2) is 6.55. The summed E-state index contributed by atoms with van der Waals surface area (Å²) in [6.45, 7) is 1.92. The number of rotatable bonds is 3. The molecule has 2 rings (SSSR count). The first-order valence-electron chi connectivity index (χ1n) is 6.09. The van der Waals surface area contributed by atoms with Crippen LogP contribution in [0.5, 0.6) is 0 Å².